The molecule has 0 bridgehead atoms. The van der Waals surface area contributed by atoms with Crippen LogP contribution in [0.5, 0.6) is 0 Å². The Morgan fingerprint density at radius 3 is 2.40 bits per heavy atom. The molecule has 130 valence electrons. The summed E-state index contributed by atoms with van der Waals surface area (Å²) in [4.78, 5) is 14.8. The standard InChI is InChI=1S/C19H19NO4S/c1-11(2)14-4-3-5-15-16(18(19(21)22)20-17(14)15)13-8-6-12(7-9-13)10-25(23)24/h3-9,11,20H,10H2,1-2H3,(H,21,22)(H,23,24). The molecule has 6 heteroatoms. The van der Waals surface area contributed by atoms with Crippen molar-refractivity contribution in [3.05, 3.63) is 59.3 Å². The lowest BCUT2D eigenvalue weighted by Gasteiger charge is -2.07. The lowest BCUT2D eigenvalue weighted by molar-refractivity contribution is 0.0692. The van der Waals surface area contributed by atoms with Gasteiger partial charge in [0.05, 0.1) is 11.3 Å². The topological polar surface area (TPSA) is 90.4 Å². The SMILES string of the molecule is CC(C)c1cccc2c(-c3ccc(CS(=O)O)cc3)c(C(=O)O)[nH]c12. The predicted octanol–water partition coefficient (Wildman–Crippen LogP) is 4.38. The fraction of sp³-hybridized carbons (Fsp3) is 0.211. The lowest BCUT2D eigenvalue weighted by Crippen LogP contribution is -1.99. The molecular formula is C19H19NO4S. The van der Waals surface area contributed by atoms with Crippen molar-refractivity contribution in [1.82, 2.24) is 4.98 Å². The van der Waals surface area contributed by atoms with Crippen molar-refractivity contribution in [2.75, 3.05) is 0 Å². The number of benzene rings is 2. The minimum absolute atomic E-state index is 0.0530. The zero-order valence-electron chi connectivity index (χ0n) is 13.9. The van der Waals surface area contributed by atoms with Gasteiger partial charge in [-0.1, -0.05) is 56.3 Å². The van der Waals surface area contributed by atoms with E-state index in [2.05, 4.69) is 18.8 Å². The van der Waals surface area contributed by atoms with Crippen LogP contribution in [0, 0.1) is 0 Å². The molecule has 25 heavy (non-hydrogen) atoms. The minimum atomic E-state index is -1.90. The van der Waals surface area contributed by atoms with E-state index in [1.165, 1.54) is 0 Å². The van der Waals surface area contributed by atoms with Crippen molar-refractivity contribution in [1.29, 1.82) is 0 Å². The van der Waals surface area contributed by atoms with E-state index in [4.69, 9.17) is 4.55 Å². The van der Waals surface area contributed by atoms with Crippen LogP contribution in [0.2, 0.25) is 0 Å². The number of hydrogen-bond donors (Lipinski definition) is 3. The van der Waals surface area contributed by atoms with Crippen LogP contribution in [-0.2, 0) is 16.8 Å². The Kier molecular flexibility index (Phi) is 4.74. The van der Waals surface area contributed by atoms with E-state index in [-0.39, 0.29) is 17.4 Å². The second-order valence-corrected chi connectivity index (χ2v) is 7.20. The zero-order valence-corrected chi connectivity index (χ0v) is 14.8. The van der Waals surface area contributed by atoms with Crippen molar-refractivity contribution in [3.8, 4) is 11.1 Å². The Bertz CT molecular complexity index is 957. The molecule has 3 N–H and O–H groups in total. The molecule has 2 aromatic carbocycles. The Labute approximate surface area is 148 Å². The van der Waals surface area contributed by atoms with Crippen molar-refractivity contribution < 1.29 is 18.7 Å². The van der Waals surface area contributed by atoms with Crippen molar-refractivity contribution in [2.24, 2.45) is 0 Å². The Hall–Kier alpha value is -2.44. The van der Waals surface area contributed by atoms with Crippen LogP contribution in [0.25, 0.3) is 22.0 Å². The molecule has 1 atom stereocenters. The number of para-hydroxylation sites is 1. The molecule has 5 nitrogen and oxygen atoms in total. The zero-order chi connectivity index (χ0) is 18.1. The van der Waals surface area contributed by atoms with Crippen LogP contribution in [0.1, 0.15) is 41.4 Å². The number of carboxylic acid groups (broad SMARTS) is 1. The van der Waals surface area contributed by atoms with Crippen LogP contribution >= 0.6 is 0 Å². The van der Waals surface area contributed by atoms with Gasteiger partial charge in [-0.2, -0.15) is 0 Å². The molecule has 1 aromatic heterocycles. The number of rotatable bonds is 5. The Balaban J connectivity index is 2.20. The molecule has 0 fully saturated rings. The highest BCUT2D eigenvalue weighted by molar-refractivity contribution is 7.78. The van der Waals surface area contributed by atoms with Gasteiger partial charge in [0.1, 0.15) is 5.69 Å². The van der Waals surface area contributed by atoms with Gasteiger partial charge in [-0.15, -0.1) is 0 Å². The number of aromatic nitrogens is 1. The maximum Gasteiger partial charge on any atom is 0.352 e. The largest absolute Gasteiger partial charge is 0.477 e. The van der Waals surface area contributed by atoms with E-state index in [9.17, 15) is 14.1 Å². The summed E-state index contributed by atoms with van der Waals surface area (Å²) in [6.07, 6.45) is 0. The van der Waals surface area contributed by atoms with E-state index in [0.29, 0.717) is 5.56 Å². The molecule has 0 aliphatic carbocycles. The molecule has 0 spiro atoms. The van der Waals surface area contributed by atoms with Crippen molar-refractivity contribution in [2.45, 2.75) is 25.5 Å². The van der Waals surface area contributed by atoms with Gasteiger partial charge in [0, 0.05) is 10.9 Å². The first-order chi connectivity index (χ1) is 11.9. The smallest absolute Gasteiger partial charge is 0.352 e. The average molecular weight is 357 g/mol. The number of aromatic carboxylic acids is 1. The monoisotopic (exact) mass is 357 g/mol. The van der Waals surface area contributed by atoms with Crippen LogP contribution in [0.15, 0.2) is 42.5 Å². The maximum atomic E-state index is 11.8. The first-order valence-corrected chi connectivity index (χ1v) is 9.20. The van der Waals surface area contributed by atoms with Crippen molar-refractivity contribution in [3.63, 3.8) is 0 Å². The third-order valence-corrected chi connectivity index (χ3v) is 4.81. The van der Waals surface area contributed by atoms with Gasteiger partial charge in [0.25, 0.3) is 0 Å². The Morgan fingerprint density at radius 1 is 1.16 bits per heavy atom. The maximum absolute atomic E-state index is 11.8. The summed E-state index contributed by atoms with van der Waals surface area (Å²) in [5.74, 6) is -0.697. The van der Waals surface area contributed by atoms with Gasteiger partial charge in [0.15, 0.2) is 11.1 Å². The number of aromatic amines is 1. The molecule has 0 saturated heterocycles. The molecule has 0 amide bonds. The minimum Gasteiger partial charge on any atom is -0.477 e. The lowest BCUT2D eigenvalue weighted by atomic mass is 9.96. The van der Waals surface area contributed by atoms with Crippen LogP contribution in [-0.4, -0.2) is 24.8 Å². The molecule has 0 aliphatic heterocycles. The fourth-order valence-electron chi connectivity index (χ4n) is 3.09. The molecule has 3 rings (SSSR count). The molecule has 3 aromatic rings. The molecule has 0 aliphatic rings. The highest BCUT2D eigenvalue weighted by atomic mass is 32.2. The molecule has 1 heterocycles. The first-order valence-electron chi connectivity index (χ1n) is 7.93. The number of carbonyl (C=O) groups is 1. The molecular weight excluding hydrogens is 338 g/mol. The summed E-state index contributed by atoms with van der Waals surface area (Å²) in [5.41, 5.74) is 4.19. The average Bonchev–Trinajstić information content (AvgIpc) is 2.94. The van der Waals surface area contributed by atoms with E-state index < -0.39 is 17.0 Å². The Morgan fingerprint density at radius 2 is 1.84 bits per heavy atom. The number of hydrogen-bond acceptors (Lipinski definition) is 2. The van der Waals surface area contributed by atoms with Gasteiger partial charge in [-0.3, -0.25) is 0 Å². The third kappa shape index (κ3) is 3.36. The van der Waals surface area contributed by atoms with E-state index in [0.717, 1.165) is 27.6 Å². The number of nitrogens with one attached hydrogen (secondary N) is 1. The fourth-order valence-corrected chi connectivity index (χ4v) is 3.57. The molecule has 0 radical (unpaired) electrons. The molecule has 1 unspecified atom stereocenters. The molecule has 0 saturated carbocycles. The highest BCUT2D eigenvalue weighted by Gasteiger charge is 2.20. The number of fused-ring (bicyclic) bond motifs is 1. The van der Waals surface area contributed by atoms with Crippen LogP contribution in [0.3, 0.4) is 0 Å². The summed E-state index contributed by atoms with van der Waals surface area (Å²) in [5, 5.41) is 10.5. The van der Waals surface area contributed by atoms with Crippen LogP contribution < -0.4 is 0 Å². The van der Waals surface area contributed by atoms with E-state index in [1.807, 2.05) is 18.2 Å². The van der Waals surface area contributed by atoms with Gasteiger partial charge in [-0.25, -0.2) is 9.00 Å². The third-order valence-electron chi connectivity index (χ3n) is 4.23. The van der Waals surface area contributed by atoms with E-state index in [1.54, 1.807) is 24.3 Å². The van der Waals surface area contributed by atoms with E-state index >= 15 is 0 Å². The summed E-state index contributed by atoms with van der Waals surface area (Å²) in [7, 11) is 0. The summed E-state index contributed by atoms with van der Waals surface area (Å²) in [6.45, 7) is 4.14. The number of carboxylic acids is 1. The van der Waals surface area contributed by atoms with Gasteiger partial charge >= 0.3 is 5.97 Å². The quantitative estimate of drug-likeness (QED) is 0.591. The van der Waals surface area contributed by atoms with Gasteiger partial charge in [-0.05, 0) is 22.6 Å². The van der Waals surface area contributed by atoms with Crippen LogP contribution in [0.4, 0.5) is 0 Å². The first kappa shape index (κ1) is 17.4. The van der Waals surface area contributed by atoms with Gasteiger partial charge < -0.3 is 14.6 Å². The summed E-state index contributed by atoms with van der Waals surface area (Å²) < 4.78 is 19.9. The highest BCUT2D eigenvalue weighted by Crippen LogP contribution is 2.36. The van der Waals surface area contributed by atoms with Gasteiger partial charge in [0.2, 0.25) is 0 Å². The summed E-state index contributed by atoms with van der Waals surface area (Å²) in [6, 6.07) is 12.9. The normalized spacial score (nSPS) is 12.6. The predicted molar refractivity (Wildman–Crippen MR) is 99.3 cm³/mol. The number of H-pyrrole nitrogens is 1. The second kappa shape index (κ2) is 6.82. The van der Waals surface area contributed by atoms with Crippen molar-refractivity contribution >= 4 is 28.0 Å². The summed E-state index contributed by atoms with van der Waals surface area (Å²) >= 11 is -1.90. The second-order valence-electron chi connectivity index (χ2n) is 6.27.